The van der Waals surface area contributed by atoms with Gasteiger partial charge in [-0.1, -0.05) is 41.9 Å². The molecule has 0 aliphatic rings. The van der Waals surface area contributed by atoms with Gasteiger partial charge in [0, 0.05) is 28.4 Å². The Morgan fingerprint density at radius 2 is 1.83 bits per heavy atom. The highest BCUT2D eigenvalue weighted by Gasteiger charge is 2.20. The first-order valence-electron chi connectivity index (χ1n) is 8.74. The predicted molar refractivity (Wildman–Crippen MR) is 111 cm³/mol. The summed E-state index contributed by atoms with van der Waals surface area (Å²) >= 11 is 6.13. The van der Waals surface area contributed by atoms with Crippen molar-refractivity contribution >= 4 is 34.0 Å². The molecule has 3 N–H and O–H groups in total. The second-order valence-corrected chi connectivity index (χ2v) is 6.95. The number of anilines is 1. The third kappa shape index (κ3) is 3.55. The quantitative estimate of drug-likeness (QED) is 0.391. The van der Waals surface area contributed by atoms with E-state index in [9.17, 15) is 14.9 Å². The fraction of sp³-hybridized carbons (Fsp3) is 0.0476. The van der Waals surface area contributed by atoms with Crippen molar-refractivity contribution in [3.8, 4) is 11.3 Å². The highest BCUT2D eigenvalue weighted by Crippen LogP contribution is 2.28. The lowest BCUT2D eigenvalue weighted by molar-refractivity contribution is -0.729. The molecule has 0 aliphatic carbocycles. The minimum atomic E-state index is -0.372. The SMILES string of the molecule is Nc1ccc([N+](=O)O)cc1-c1nc2cc(Cl)ccc2n(Cc2ccccc2)c1=O. The van der Waals surface area contributed by atoms with Gasteiger partial charge in [0.05, 0.1) is 22.5 Å². The zero-order valence-corrected chi connectivity index (χ0v) is 15.9. The maximum atomic E-state index is 13.4. The van der Waals surface area contributed by atoms with Crippen molar-refractivity contribution < 1.29 is 10.1 Å². The molecule has 1 aromatic heterocycles. The highest BCUT2D eigenvalue weighted by atomic mass is 35.5. The van der Waals surface area contributed by atoms with Crippen molar-refractivity contribution in [2.75, 3.05) is 5.73 Å². The fourth-order valence-electron chi connectivity index (χ4n) is 3.19. The summed E-state index contributed by atoms with van der Waals surface area (Å²) in [4.78, 5) is 28.8. The number of nitrogen functional groups attached to an aromatic ring is 1. The van der Waals surface area contributed by atoms with Crippen LogP contribution < -0.4 is 11.3 Å². The first-order chi connectivity index (χ1) is 13.9. The summed E-state index contributed by atoms with van der Waals surface area (Å²) in [6.07, 6.45) is 0. The summed E-state index contributed by atoms with van der Waals surface area (Å²) in [5, 5.41) is 9.70. The number of benzene rings is 3. The third-order valence-electron chi connectivity index (χ3n) is 4.60. The zero-order valence-electron chi connectivity index (χ0n) is 15.1. The van der Waals surface area contributed by atoms with Gasteiger partial charge in [0.15, 0.2) is 0 Å². The van der Waals surface area contributed by atoms with Gasteiger partial charge >= 0.3 is 5.69 Å². The van der Waals surface area contributed by atoms with Gasteiger partial charge < -0.3 is 10.3 Å². The average Bonchev–Trinajstić information content (AvgIpc) is 2.71. The summed E-state index contributed by atoms with van der Waals surface area (Å²) in [5.74, 6) is 0. The number of fused-ring (bicyclic) bond motifs is 1. The van der Waals surface area contributed by atoms with Gasteiger partial charge in [-0.05, 0) is 29.8 Å². The average molecular weight is 408 g/mol. The number of rotatable bonds is 4. The van der Waals surface area contributed by atoms with Crippen LogP contribution in [0.1, 0.15) is 5.56 Å². The van der Waals surface area contributed by atoms with E-state index in [1.807, 2.05) is 30.3 Å². The van der Waals surface area contributed by atoms with Crippen LogP contribution in [-0.4, -0.2) is 19.7 Å². The number of aromatic nitrogens is 2. The maximum absolute atomic E-state index is 13.4. The second kappa shape index (κ2) is 7.37. The van der Waals surface area contributed by atoms with Crippen LogP contribution in [0.15, 0.2) is 71.5 Å². The smallest absolute Gasteiger partial charge is 0.317 e. The van der Waals surface area contributed by atoms with Crippen molar-refractivity contribution in [1.82, 2.24) is 9.55 Å². The summed E-state index contributed by atoms with van der Waals surface area (Å²) in [6, 6.07) is 18.8. The second-order valence-electron chi connectivity index (χ2n) is 6.51. The zero-order chi connectivity index (χ0) is 20.5. The van der Waals surface area contributed by atoms with E-state index in [4.69, 9.17) is 17.3 Å². The van der Waals surface area contributed by atoms with Crippen molar-refractivity contribution in [2.24, 2.45) is 0 Å². The molecule has 3 aromatic carbocycles. The topological polar surface area (TPSA) is 101 Å². The molecule has 0 amide bonds. The number of halogens is 1. The molecule has 8 heteroatoms. The Morgan fingerprint density at radius 1 is 1.07 bits per heavy atom. The molecular formula is C21H16ClN4O3+. The van der Waals surface area contributed by atoms with Gasteiger partial charge in [0.25, 0.3) is 10.5 Å². The van der Waals surface area contributed by atoms with Crippen molar-refractivity contribution in [1.29, 1.82) is 0 Å². The molecule has 1 heterocycles. The molecule has 144 valence electrons. The van der Waals surface area contributed by atoms with Crippen LogP contribution in [0.3, 0.4) is 0 Å². The molecule has 0 saturated heterocycles. The summed E-state index contributed by atoms with van der Waals surface area (Å²) in [5.41, 5.74) is 8.26. The monoisotopic (exact) mass is 407 g/mol. The molecule has 7 nitrogen and oxygen atoms in total. The number of hydrogen-bond donors (Lipinski definition) is 2. The number of nitrogens with zero attached hydrogens (tertiary/aromatic N) is 3. The van der Waals surface area contributed by atoms with Crippen LogP contribution in [0, 0.1) is 4.91 Å². The Balaban J connectivity index is 2.01. The standard InChI is InChI=1S/C21H16ClN4O3/c22-14-6-9-19-18(10-14)24-20(16-11-15(26(28)29)7-8-17(16)23)21(27)25(19)12-13-4-2-1-3-5-13/h1-11H,12,23H2,(H,28,29)/q+1. The van der Waals surface area contributed by atoms with E-state index >= 15 is 0 Å². The van der Waals surface area contributed by atoms with E-state index in [-0.39, 0.29) is 33.1 Å². The van der Waals surface area contributed by atoms with Gasteiger partial charge in [-0.25, -0.2) is 10.2 Å². The predicted octanol–water partition coefficient (Wildman–Crippen LogP) is 4.15. The van der Waals surface area contributed by atoms with Crippen LogP contribution in [0.4, 0.5) is 11.4 Å². The Bertz CT molecular complexity index is 1300. The van der Waals surface area contributed by atoms with E-state index in [0.717, 1.165) is 5.56 Å². The lowest BCUT2D eigenvalue weighted by Crippen LogP contribution is -2.24. The number of hydrogen-bond acceptors (Lipinski definition) is 4. The van der Waals surface area contributed by atoms with Crippen molar-refractivity contribution in [2.45, 2.75) is 6.54 Å². The van der Waals surface area contributed by atoms with E-state index in [2.05, 4.69) is 4.98 Å². The molecule has 0 radical (unpaired) electrons. The highest BCUT2D eigenvalue weighted by molar-refractivity contribution is 6.31. The van der Waals surface area contributed by atoms with Crippen LogP contribution in [0.2, 0.25) is 5.02 Å². The molecule has 0 spiro atoms. The van der Waals surface area contributed by atoms with Gasteiger partial charge in [0.1, 0.15) is 5.69 Å². The molecule has 4 aromatic rings. The minimum absolute atomic E-state index is 0.0591. The number of nitrogens with two attached hydrogens (primary N) is 1. The van der Waals surface area contributed by atoms with E-state index in [1.165, 1.54) is 18.2 Å². The molecule has 4 rings (SSSR count). The molecule has 0 bridgehead atoms. The van der Waals surface area contributed by atoms with Crippen LogP contribution in [0.5, 0.6) is 0 Å². The van der Waals surface area contributed by atoms with E-state index < -0.39 is 0 Å². The van der Waals surface area contributed by atoms with Gasteiger partial charge in [-0.15, -0.1) is 0 Å². The Labute approximate surface area is 170 Å². The minimum Gasteiger partial charge on any atom is -0.398 e. The van der Waals surface area contributed by atoms with Gasteiger partial charge in [0.2, 0.25) is 0 Å². The molecule has 0 atom stereocenters. The largest absolute Gasteiger partial charge is 0.398 e. The van der Waals surface area contributed by atoms with Crippen molar-refractivity contribution in [3.63, 3.8) is 0 Å². The van der Waals surface area contributed by atoms with Crippen molar-refractivity contribution in [3.05, 3.63) is 92.6 Å². The van der Waals surface area contributed by atoms with Crippen LogP contribution in [0.25, 0.3) is 22.3 Å². The molecule has 29 heavy (non-hydrogen) atoms. The van der Waals surface area contributed by atoms with E-state index in [1.54, 1.807) is 22.8 Å². The van der Waals surface area contributed by atoms with E-state index in [0.29, 0.717) is 22.6 Å². The Kier molecular flexibility index (Phi) is 4.74. The summed E-state index contributed by atoms with van der Waals surface area (Å²) in [6.45, 7) is 0.320. The lowest BCUT2D eigenvalue weighted by Gasteiger charge is -2.13. The summed E-state index contributed by atoms with van der Waals surface area (Å²) in [7, 11) is 0. The molecular weight excluding hydrogens is 392 g/mol. The lowest BCUT2D eigenvalue weighted by atomic mass is 10.1. The maximum Gasteiger partial charge on any atom is 0.317 e. The van der Waals surface area contributed by atoms with Crippen LogP contribution >= 0.6 is 11.6 Å². The molecule has 0 saturated carbocycles. The van der Waals surface area contributed by atoms with Gasteiger partial charge in [-0.3, -0.25) is 4.79 Å². The molecule has 0 aliphatic heterocycles. The first-order valence-corrected chi connectivity index (χ1v) is 9.12. The van der Waals surface area contributed by atoms with Gasteiger partial charge in [-0.2, -0.15) is 0 Å². The Hall–Kier alpha value is -3.71. The third-order valence-corrected chi connectivity index (χ3v) is 4.84. The van der Waals surface area contributed by atoms with Crippen LogP contribution in [-0.2, 0) is 6.54 Å². The summed E-state index contributed by atoms with van der Waals surface area (Å²) < 4.78 is 1.59. The fourth-order valence-corrected chi connectivity index (χ4v) is 3.35. The normalized spacial score (nSPS) is 10.9. The first kappa shape index (κ1) is 18.6. The molecule has 0 unspecified atom stereocenters. The Morgan fingerprint density at radius 3 is 2.55 bits per heavy atom. The molecule has 0 fully saturated rings.